The van der Waals surface area contributed by atoms with Crippen molar-refractivity contribution in [3.63, 3.8) is 0 Å². The fraction of sp³-hybridized carbons (Fsp3) is 0.529. The molecule has 1 rings (SSSR count). The highest BCUT2D eigenvalue weighted by Crippen LogP contribution is 2.16. The van der Waals surface area contributed by atoms with Crippen molar-refractivity contribution in [1.82, 2.24) is 16.0 Å². The van der Waals surface area contributed by atoms with Crippen LogP contribution < -0.4 is 16.0 Å². The first kappa shape index (κ1) is 24.2. The molecule has 0 aliphatic rings. The summed E-state index contributed by atoms with van der Waals surface area (Å²) in [5, 5.41) is 17.9. The number of alkyl carbamates (subject to hydrolysis) is 1. The van der Waals surface area contributed by atoms with Gasteiger partial charge in [-0.1, -0.05) is 6.07 Å². The van der Waals surface area contributed by atoms with Crippen LogP contribution in [0.3, 0.4) is 0 Å². The predicted molar refractivity (Wildman–Crippen MR) is 111 cm³/mol. The van der Waals surface area contributed by atoms with Gasteiger partial charge in [-0.05, 0) is 45.4 Å². The van der Waals surface area contributed by atoms with Crippen LogP contribution in [0.2, 0.25) is 0 Å². The number of benzene rings is 1. The van der Waals surface area contributed by atoms with E-state index in [0.29, 0.717) is 31.2 Å². The number of carbonyl (C=O) groups excluding carboxylic acids is 1. The minimum atomic E-state index is -0.674. The number of hydrogen-bond acceptors (Lipinski definition) is 4. The van der Waals surface area contributed by atoms with E-state index in [1.165, 1.54) is 12.1 Å². The molecular weight excluding hydrogens is 454 g/mol. The van der Waals surface area contributed by atoms with Crippen molar-refractivity contribution in [3.8, 4) is 5.75 Å². The van der Waals surface area contributed by atoms with Crippen LogP contribution >= 0.6 is 24.0 Å². The zero-order valence-electron chi connectivity index (χ0n) is 15.6. The van der Waals surface area contributed by atoms with Crippen molar-refractivity contribution < 1.29 is 19.0 Å². The summed E-state index contributed by atoms with van der Waals surface area (Å²) in [6, 6.07) is 4.15. The standard InChI is InChI=1S/C17H27FN4O3.HI/c1-5-19-15(20-8-9-21-16(24)25-17(2,3)4)22-11-12-6-7-14(23)13(18)10-12;/h6-7,10,23H,5,8-9,11H2,1-4H3,(H,21,24)(H2,19,20,22);1H. The molecule has 0 saturated carbocycles. The van der Waals surface area contributed by atoms with Crippen molar-refractivity contribution in [2.75, 3.05) is 19.6 Å². The monoisotopic (exact) mass is 482 g/mol. The number of phenols is 1. The second-order valence-corrected chi connectivity index (χ2v) is 6.34. The average molecular weight is 482 g/mol. The van der Waals surface area contributed by atoms with E-state index in [4.69, 9.17) is 4.74 Å². The first-order valence-electron chi connectivity index (χ1n) is 8.17. The largest absolute Gasteiger partial charge is 0.505 e. The first-order valence-corrected chi connectivity index (χ1v) is 8.17. The molecule has 0 fully saturated rings. The molecule has 1 aromatic carbocycles. The summed E-state index contributed by atoms with van der Waals surface area (Å²) >= 11 is 0. The Labute approximate surface area is 170 Å². The molecule has 0 heterocycles. The van der Waals surface area contributed by atoms with E-state index in [9.17, 15) is 14.3 Å². The van der Waals surface area contributed by atoms with Gasteiger partial charge in [0.1, 0.15) is 5.60 Å². The van der Waals surface area contributed by atoms with Crippen LogP contribution in [0.5, 0.6) is 5.75 Å². The van der Waals surface area contributed by atoms with E-state index in [1.54, 1.807) is 26.8 Å². The summed E-state index contributed by atoms with van der Waals surface area (Å²) in [5.41, 5.74) is 0.104. The number of amides is 1. The lowest BCUT2D eigenvalue weighted by atomic mass is 10.2. The summed E-state index contributed by atoms with van der Waals surface area (Å²) < 4.78 is 18.5. The molecule has 0 atom stereocenters. The van der Waals surface area contributed by atoms with Gasteiger partial charge in [-0.25, -0.2) is 14.2 Å². The van der Waals surface area contributed by atoms with Crippen LogP contribution in [0.15, 0.2) is 23.2 Å². The Bertz CT molecular complexity index is 606. The highest BCUT2D eigenvalue weighted by molar-refractivity contribution is 14.0. The Balaban J connectivity index is 0.00000625. The van der Waals surface area contributed by atoms with Gasteiger partial charge in [0.15, 0.2) is 17.5 Å². The number of rotatable bonds is 6. The van der Waals surface area contributed by atoms with Crippen LogP contribution in [0.25, 0.3) is 0 Å². The third-order valence-electron chi connectivity index (χ3n) is 2.86. The molecule has 4 N–H and O–H groups in total. The summed E-state index contributed by atoms with van der Waals surface area (Å²) in [4.78, 5) is 15.9. The number of guanidine groups is 1. The second kappa shape index (κ2) is 11.8. The number of carbonyl (C=O) groups is 1. The second-order valence-electron chi connectivity index (χ2n) is 6.34. The average Bonchev–Trinajstić information content (AvgIpc) is 2.50. The molecular formula is C17H28FIN4O3. The summed E-state index contributed by atoms with van der Waals surface area (Å²) in [6.45, 7) is 9.06. The number of phenolic OH excluding ortho intramolecular Hbond substituents is 1. The Morgan fingerprint density at radius 2 is 1.88 bits per heavy atom. The highest BCUT2D eigenvalue weighted by atomic mass is 127. The van der Waals surface area contributed by atoms with Crippen LogP contribution in [0.1, 0.15) is 33.3 Å². The normalized spacial score (nSPS) is 11.3. The zero-order chi connectivity index (χ0) is 18.9. The van der Waals surface area contributed by atoms with Gasteiger partial charge in [-0.3, -0.25) is 0 Å². The van der Waals surface area contributed by atoms with Gasteiger partial charge in [0.25, 0.3) is 0 Å². The molecule has 1 amide bonds. The summed E-state index contributed by atoms with van der Waals surface area (Å²) in [6.07, 6.45) is -0.476. The van der Waals surface area contributed by atoms with Crippen LogP contribution in [-0.4, -0.2) is 42.4 Å². The Morgan fingerprint density at radius 1 is 1.23 bits per heavy atom. The SMILES string of the molecule is CCNC(=NCc1ccc(O)c(F)c1)NCCNC(=O)OC(C)(C)C.I. The van der Waals surface area contributed by atoms with Crippen molar-refractivity contribution in [3.05, 3.63) is 29.6 Å². The molecule has 148 valence electrons. The molecule has 7 nitrogen and oxygen atoms in total. The van der Waals surface area contributed by atoms with Crippen LogP contribution in [0, 0.1) is 5.82 Å². The number of hydrogen-bond donors (Lipinski definition) is 4. The minimum absolute atomic E-state index is 0. The smallest absolute Gasteiger partial charge is 0.407 e. The van der Waals surface area contributed by atoms with Crippen molar-refractivity contribution >= 4 is 36.0 Å². The molecule has 9 heteroatoms. The van der Waals surface area contributed by atoms with Crippen molar-refractivity contribution in [1.29, 1.82) is 0 Å². The predicted octanol–water partition coefficient (Wildman–Crippen LogP) is 2.73. The summed E-state index contributed by atoms with van der Waals surface area (Å²) in [7, 11) is 0. The highest BCUT2D eigenvalue weighted by Gasteiger charge is 2.15. The lowest BCUT2D eigenvalue weighted by Crippen LogP contribution is -2.42. The number of aliphatic imine (C=N–C) groups is 1. The lowest BCUT2D eigenvalue weighted by Gasteiger charge is -2.19. The Hall–Kier alpha value is -1.78. The molecule has 1 aromatic rings. The number of nitrogens with one attached hydrogen (secondary N) is 3. The van der Waals surface area contributed by atoms with E-state index in [2.05, 4.69) is 20.9 Å². The zero-order valence-corrected chi connectivity index (χ0v) is 17.9. The fourth-order valence-corrected chi connectivity index (χ4v) is 1.82. The fourth-order valence-electron chi connectivity index (χ4n) is 1.82. The third-order valence-corrected chi connectivity index (χ3v) is 2.86. The van der Waals surface area contributed by atoms with Gasteiger partial charge >= 0.3 is 6.09 Å². The minimum Gasteiger partial charge on any atom is -0.505 e. The quantitative estimate of drug-likeness (QED) is 0.217. The molecule has 0 saturated heterocycles. The van der Waals surface area contributed by atoms with E-state index in [1.807, 2.05) is 6.92 Å². The topological polar surface area (TPSA) is 95.0 Å². The molecule has 26 heavy (non-hydrogen) atoms. The molecule has 0 aliphatic carbocycles. The molecule has 0 aliphatic heterocycles. The molecule has 0 aromatic heterocycles. The molecule has 0 radical (unpaired) electrons. The van der Waals surface area contributed by atoms with Gasteiger partial charge in [0.2, 0.25) is 0 Å². The number of halogens is 2. The maximum atomic E-state index is 13.3. The Kier molecular flexibility index (Phi) is 11.0. The number of nitrogens with zero attached hydrogens (tertiary/aromatic N) is 1. The number of aromatic hydroxyl groups is 1. The van der Waals surface area contributed by atoms with E-state index < -0.39 is 17.5 Å². The van der Waals surface area contributed by atoms with Gasteiger partial charge in [-0.15, -0.1) is 24.0 Å². The molecule has 0 spiro atoms. The lowest BCUT2D eigenvalue weighted by molar-refractivity contribution is 0.0529. The summed E-state index contributed by atoms with van der Waals surface area (Å²) in [5.74, 6) is -0.514. The first-order chi connectivity index (χ1) is 11.7. The van der Waals surface area contributed by atoms with Gasteiger partial charge < -0.3 is 25.8 Å². The van der Waals surface area contributed by atoms with Crippen LogP contribution in [-0.2, 0) is 11.3 Å². The third kappa shape index (κ3) is 10.3. The van der Waals surface area contributed by atoms with E-state index in [0.717, 1.165) is 0 Å². The Morgan fingerprint density at radius 3 is 2.46 bits per heavy atom. The van der Waals surface area contributed by atoms with Gasteiger partial charge in [0.05, 0.1) is 6.54 Å². The van der Waals surface area contributed by atoms with Crippen molar-refractivity contribution in [2.45, 2.75) is 39.8 Å². The van der Waals surface area contributed by atoms with E-state index >= 15 is 0 Å². The van der Waals surface area contributed by atoms with Gasteiger partial charge in [0, 0.05) is 19.6 Å². The van der Waals surface area contributed by atoms with Gasteiger partial charge in [-0.2, -0.15) is 0 Å². The maximum absolute atomic E-state index is 13.3. The molecule has 0 bridgehead atoms. The van der Waals surface area contributed by atoms with Crippen molar-refractivity contribution in [2.24, 2.45) is 4.99 Å². The van der Waals surface area contributed by atoms with E-state index in [-0.39, 0.29) is 36.3 Å². The molecule has 0 unspecified atom stereocenters. The maximum Gasteiger partial charge on any atom is 0.407 e. The van der Waals surface area contributed by atoms with Crippen LogP contribution in [0.4, 0.5) is 9.18 Å². The number of ether oxygens (including phenoxy) is 1.